The van der Waals surface area contributed by atoms with Gasteiger partial charge in [0.15, 0.2) is 5.11 Å². The van der Waals surface area contributed by atoms with Gasteiger partial charge in [-0.3, -0.25) is 9.59 Å². The number of hydrogen-bond donors (Lipinski definition) is 4. The quantitative estimate of drug-likeness (QED) is 0.288. The summed E-state index contributed by atoms with van der Waals surface area (Å²) in [6.07, 6.45) is 7.92. The van der Waals surface area contributed by atoms with Crippen LogP contribution < -0.4 is 16.0 Å². The highest BCUT2D eigenvalue weighted by molar-refractivity contribution is 7.80. The summed E-state index contributed by atoms with van der Waals surface area (Å²) < 4.78 is 6.13. The van der Waals surface area contributed by atoms with E-state index in [-0.39, 0.29) is 25.0 Å². The van der Waals surface area contributed by atoms with Crippen molar-refractivity contribution in [1.29, 1.82) is 0 Å². The molecule has 2 fully saturated rings. The maximum absolute atomic E-state index is 12.3. The Morgan fingerprint density at radius 2 is 1.71 bits per heavy atom. The number of ether oxygens (including phenoxy) is 1. The van der Waals surface area contributed by atoms with E-state index in [1.807, 2.05) is 30.3 Å². The monoisotopic (exact) mass is 447 g/mol. The van der Waals surface area contributed by atoms with Crippen LogP contribution >= 0.6 is 12.2 Å². The lowest BCUT2D eigenvalue weighted by Crippen LogP contribution is -2.43. The molecule has 7 nitrogen and oxygen atoms in total. The number of thiocarbonyl (C=S) groups is 1. The summed E-state index contributed by atoms with van der Waals surface area (Å²) in [6, 6.07) is 9.59. The third kappa shape index (κ3) is 7.47. The molecule has 2 bridgehead atoms. The van der Waals surface area contributed by atoms with Gasteiger partial charge in [0.2, 0.25) is 5.91 Å². The number of nitrogens with one attached hydrogen (secondary N) is 3. The van der Waals surface area contributed by atoms with Gasteiger partial charge in [0.25, 0.3) is 0 Å². The van der Waals surface area contributed by atoms with Crippen molar-refractivity contribution in [2.45, 2.75) is 63.6 Å². The number of anilines is 1. The number of aliphatic carboxylic acids is 1. The van der Waals surface area contributed by atoms with Gasteiger partial charge in [-0.15, -0.1) is 0 Å². The average molecular weight is 448 g/mol. The second-order valence-corrected chi connectivity index (χ2v) is 8.85. The number of carboxylic acids is 1. The SMILES string of the molecule is O=C(O)CCCCCC[C@H]1[C@@H](CNC(=O)CNC(=S)Nc2ccccc2)[C@H]2CC[C@@H]1O2. The van der Waals surface area contributed by atoms with Gasteiger partial charge in [-0.25, -0.2) is 0 Å². The lowest BCUT2D eigenvalue weighted by atomic mass is 9.76. The van der Waals surface area contributed by atoms with Crippen molar-refractivity contribution in [1.82, 2.24) is 10.6 Å². The third-order valence-electron chi connectivity index (χ3n) is 6.24. The first-order valence-corrected chi connectivity index (χ1v) is 11.7. The Balaban J connectivity index is 1.34. The number of para-hydroxylation sites is 1. The molecular weight excluding hydrogens is 414 g/mol. The lowest BCUT2D eigenvalue weighted by Gasteiger charge is -2.28. The number of carbonyl (C=O) groups is 2. The zero-order chi connectivity index (χ0) is 22.1. The van der Waals surface area contributed by atoms with E-state index < -0.39 is 5.97 Å². The molecule has 1 aromatic rings. The van der Waals surface area contributed by atoms with Crippen molar-refractivity contribution >= 4 is 34.9 Å². The number of rotatable bonds is 12. The first-order valence-electron chi connectivity index (χ1n) is 11.3. The fourth-order valence-electron chi connectivity index (χ4n) is 4.71. The minimum absolute atomic E-state index is 0.0765. The molecule has 2 aliphatic heterocycles. The van der Waals surface area contributed by atoms with Crippen molar-refractivity contribution in [3.8, 4) is 0 Å². The fraction of sp³-hybridized carbons (Fsp3) is 0.609. The number of carboxylic acid groups (broad SMARTS) is 1. The second kappa shape index (κ2) is 12.0. The topological polar surface area (TPSA) is 99.7 Å². The Labute approximate surface area is 189 Å². The van der Waals surface area contributed by atoms with Crippen LogP contribution in [0.4, 0.5) is 5.69 Å². The van der Waals surface area contributed by atoms with Gasteiger partial charge < -0.3 is 25.8 Å². The van der Waals surface area contributed by atoms with E-state index in [4.69, 9.17) is 22.1 Å². The molecule has 4 atom stereocenters. The molecule has 0 aliphatic carbocycles. The normalized spacial score (nSPS) is 24.0. The zero-order valence-corrected chi connectivity index (χ0v) is 18.7. The van der Waals surface area contributed by atoms with Crippen molar-refractivity contribution < 1.29 is 19.4 Å². The highest BCUT2D eigenvalue weighted by Gasteiger charge is 2.48. The average Bonchev–Trinajstić information content (AvgIpc) is 3.35. The second-order valence-electron chi connectivity index (χ2n) is 8.44. The van der Waals surface area contributed by atoms with Crippen molar-refractivity contribution in [3.63, 3.8) is 0 Å². The molecule has 1 aromatic carbocycles. The van der Waals surface area contributed by atoms with Crippen LogP contribution in [-0.4, -0.2) is 47.4 Å². The van der Waals surface area contributed by atoms with E-state index in [2.05, 4.69) is 16.0 Å². The fourth-order valence-corrected chi connectivity index (χ4v) is 4.90. The van der Waals surface area contributed by atoms with Crippen LogP contribution in [0.15, 0.2) is 30.3 Å². The smallest absolute Gasteiger partial charge is 0.303 e. The van der Waals surface area contributed by atoms with Crippen LogP contribution in [0.1, 0.15) is 51.4 Å². The van der Waals surface area contributed by atoms with Crippen molar-refractivity contribution in [2.24, 2.45) is 11.8 Å². The van der Waals surface area contributed by atoms with Gasteiger partial charge in [-0.2, -0.15) is 0 Å². The predicted molar refractivity (Wildman–Crippen MR) is 124 cm³/mol. The molecule has 4 N–H and O–H groups in total. The van der Waals surface area contributed by atoms with Crippen LogP contribution in [0.3, 0.4) is 0 Å². The predicted octanol–water partition coefficient (Wildman–Crippen LogP) is 3.31. The van der Waals surface area contributed by atoms with Crippen molar-refractivity contribution in [2.75, 3.05) is 18.4 Å². The van der Waals surface area contributed by atoms with Crippen molar-refractivity contribution in [3.05, 3.63) is 30.3 Å². The largest absolute Gasteiger partial charge is 0.481 e. The molecule has 2 aliphatic rings. The van der Waals surface area contributed by atoms with Crippen LogP contribution in [0, 0.1) is 11.8 Å². The van der Waals surface area contributed by atoms with E-state index in [1.54, 1.807) is 0 Å². The maximum Gasteiger partial charge on any atom is 0.303 e. The Morgan fingerprint density at radius 1 is 1.00 bits per heavy atom. The minimum atomic E-state index is -0.719. The number of fused-ring (bicyclic) bond motifs is 2. The highest BCUT2D eigenvalue weighted by Crippen LogP contribution is 2.45. The summed E-state index contributed by atoms with van der Waals surface area (Å²) >= 11 is 5.25. The van der Waals surface area contributed by atoms with Gasteiger partial charge in [0.05, 0.1) is 18.8 Å². The van der Waals surface area contributed by atoms with Gasteiger partial charge in [-0.05, 0) is 56.0 Å². The Morgan fingerprint density at radius 3 is 2.45 bits per heavy atom. The van der Waals surface area contributed by atoms with Crippen LogP contribution in [0.25, 0.3) is 0 Å². The number of benzene rings is 1. The lowest BCUT2D eigenvalue weighted by molar-refractivity contribution is -0.137. The van der Waals surface area contributed by atoms with E-state index in [1.165, 1.54) is 0 Å². The highest BCUT2D eigenvalue weighted by atomic mass is 32.1. The minimum Gasteiger partial charge on any atom is -0.481 e. The van der Waals surface area contributed by atoms with Gasteiger partial charge in [-0.1, -0.05) is 37.5 Å². The molecule has 0 radical (unpaired) electrons. The Kier molecular flexibility index (Phi) is 9.09. The molecular formula is C23H33N3O4S. The molecule has 0 unspecified atom stereocenters. The van der Waals surface area contributed by atoms with E-state index >= 15 is 0 Å². The molecule has 0 aromatic heterocycles. The summed E-state index contributed by atoms with van der Waals surface area (Å²) in [5, 5.41) is 18.2. The standard InChI is InChI=1S/C23H33N3O4S/c27-21(15-25-23(31)26-16-8-4-3-5-9-16)24-14-18-17(19-12-13-20(18)30-19)10-6-1-2-7-11-22(28)29/h3-5,8-9,17-20H,1-2,6-7,10-15H2,(H,24,27)(H,28,29)(H2,25,26,31)/t17-,18+,19-,20+/m0/s1. The van der Waals surface area contributed by atoms with Crippen LogP contribution in [-0.2, 0) is 14.3 Å². The van der Waals surface area contributed by atoms with E-state index in [9.17, 15) is 9.59 Å². The van der Waals surface area contributed by atoms with E-state index in [0.717, 1.165) is 50.6 Å². The van der Waals surface area contributed by atoms with Gasteiger partial charge in [0, 0.05) is 24.6 Å². The van der Waals surface area contributed by atoms with Gasteiger partial charge in [0.1, 0.15) is 0 Å². The van der Waals surface area contributed by atoms with Gasteiger partial charge >= 0.3 is 5.97 Å². The van der Waals surface area contributed by atoms with E-state index in [0.29, 0.717) is 29.6 Å². The summed E-state index contributed by atoms with van der Waals surface area (Å²) in [5.41, 5.74) is 0.880. The summed E-state index contributed by atoms with van der Waals surface area (Å²) in [4.78, 5) is 22.9. The first kappa shape index (κ1) is 23.5. The molecule has 170 valence electrons. The third-order valence-corrected chi connectivity index (χ3v) is 6.49. The summed E-state index contributed by atoms with van der Waals surface area (Å²) in [7, 11) is 0. The molecule has 8 heteroatoms. The Hall–Kier alpha value is -2.19. The number of hydrogen-bond acceptors (Lipinski definition) is 4. The molecule has 31 heavy (non-hydrogen) atoms. The summed E-state index contributed by atoms with van der Waals surface area (Å²) in [5.74, 6) is 0.0410. The molecule has 0 saturated carbocycles. The number of amides is 1. The zero-order valence-electron chi connectivity index (χ0n) is 17.8. The molecule has 2 saturated heterocycles. The Bertz CT molecular complexity index is 746. The number of unbranched alkanes of at least 4 members (excludes halogenated alkanes) is 3. The van der Waals surface area contributed by atoms with Crippen LogP contribution in [0.5, 0.6) is 0 Å². The first-order chi connectivity index (χ1) is 15.0. The molecule has 2 heterocycles. The van der Waals surface area contributed by atoms with Crippen LogP contribution in [0.2, 0.25) is 0 Å². The molecule has 3 rings (SSSR count). The molecule has 1 amide bonds. The summed E-state index contributed by atoms with van der Waals surface area (Å²) in [6.45, 7) is 0.763. The number of carbonyl (C=O) groups excluding carboxylic acids is 1. The maximum atomic E-state index is 12.3. The molecule has 0 spiro atoms.